The molecule has 2 aromatic carbocycles. The number of nitrogen functional groups attached to an aromatic ring is 1. The van der Waals surface area contributed by atoms with E-state index in [-0.39, 0.29) is 5.82 Å². The molecule has 4 heteroatoms. The van der Waals surface area contributed by atoms with Gasteiger partial charge in [-0.25, -0.2) is 4.39 Å². The van der Waals surface area contributed by atoms with Gasteiger partial charge in [-0.05, 0) is 37.1 Å². The average molecular weight is 275 g/mol. The quantitative estimate of drug-likeness (QED) is 0.827. The number of rotatable bonds is 5. The molecule has 0 aliphatic heterocycles. The smallest absolute Gasteiger partial charge is 0.133 e. The van der Waals surface area contributed by atoms with Gasteiger partial charge in [-0.15, -0.1) is 0 Å². The maximum atomic E-state index is 13.2. The van der Waals surface area contributed by atoms with Crippen LogP contribution in [0, 0.1) is 12.7 Å². The van der Waals surface area contributed by atoms with E-state index in [1.165, 1.54) is 6.07 Å². The van der Waals surface area contributed by atoms with Crippen LogP contribution >= 0.6 is 0 Å². The molecule has 0 aromatic heterocycles. The van der Waals surface area contributed by atoms with Crippen molar-refractivity contribution in [2.45, 2.75) is 20.3 Å². The van der Waals surface area contributed by atoms with E-state index in [1.807, 2.05) is 6.92 Å². The average Bonchev–Trinajstić information content (AvgIpc) is 2.40. The highest BCUT2D eigenvalue weighted by Gasteiger charge is 2.05. The predicted molar refractivity (Wildman–Crippen MR) is 77.9 cm³/mol. The number of anilines is 1. The molecule has 0 bridgehead atoms. The van der Waals surface area contributed by atoms with Gasteiger partial charge < -0.3 is 15.2 Å². The molecule has 0 aliphatic rings. The maximum absolute atomic E-state index is 13.2. The molecule has 0 saturated carbocycles. The van der Waals surface area contributed by atoms with Gasteiger partial charge in [0.05, 0.1) is 6.61 Å². The lowest BCUT2D eigenvalue weighted by Crippen LogP contribution is -1.97. The van der Waals surface area contributed by atoms with Crippen LogP contribution in [0.4, 0.5) is 10.1 Å². The van der Waals surface area contributed by atoms with E-state index in [1.54, 1.807) is 37.3 Å². The predicted octanol–water partition coefficient (Wildman–Crippen LogP) is 4.30. The monoisotopic (exact) mass is 275 g/mol. The summed E-state index contributed by atoms with van der Waals surface area (Å²) in [4.78, 5) is 0. The van der Waals surface area contributed by atoms with Gasteiger partial charge in [-0.2, -0.15) is 0 Å². The van der Waals surface area contributed by atoms with Crippen LogP contribution in [0.25, 0.3) is 0 Å². The number of nitrogens with two attached hydrogens (primary N) is 1. The molecule has 0 aliphatic carbocycles. The minimum absolute atomic E-state index is 0.253. The molecule has 0 radical (unpaired) electrons. The number of hydrogen-bond acceptors (Lipinski definition) is 3. The molecular weight excluding hydrogens is 257 g/mol. The fourth-order valence-corrected chi connectivity index (χ4v) is 1.77. The Morgan fingerprint density at radius 3 is 2.50 bits per heavy atom. The second kappa shape index (κ2) is 6.28. The molecule has 0 saturated heterocycles. The summed E-state index contributed by atoms with van der Waals surface area (Å²) in [5, 5.41) is 0. The Bertz CT molecular complexity index is 599. The zero-order valence-electron chi connectivity index (χ0n) is 11.7. The topological polar surface area (TPSA) is 44.5 Å². The van der Waals surface area contributed by atoms with Crippen LogP contribution in [0.1, 0.15) is 18.9 Å². The van der Waals surface area contributed by atoms with Crippen molar-refractivity contribution in [1.82, 2.24) is 0 Å². The van der Waals surface area contributed by atoms with Gasteiger partial charge in [0.15, 0.2) is 0 Å². The third kappa shape index (κ3) is 3.63. The van der Waals surface area contributed by atoms with Crippen LogP contribution in [0.5, 0.6) is 17.2 Å². The third-order valence-corrected chi connectivity index (χ3v) is 2.74. The van der Waals surface area contributed by atoms with Crippen LogP contribution in [0.2, 0.25) is 0 Å². The number of benzene rings is 2. The second-order valence-electron chi connectivity index (χ2n) is 4.60. The molecule has 0 fully saturated rings. The van der Waals surface area contributed by atoms with Crippen molar-refractivity contribution in [3.63, 3.8) is 0 Å². The molecular formula is C16H18FNO2. The van der Waals surface area contributed by atoms with Gasteiger partial charge in [0, 0.05) is 23.9 Å². The standard InChI is InChI=1S/C16H18FNO2/c1-3-6-19-14-8-12(18)9-15(10-14)20-13-4-5-16(17)11(2)7-13/h4-5,7-10H,3,6,18H2,1-2H3. The molecule has 2 rings (SSSR count). The van der Waals surface area contributed by atoms with Gasteiger partial charge in [0.1, 0.15) is 23.1 Å². The van der Waals surface area contributed by atoms with Crippen LogP contribution in [-0.2, 0) is 0 Å². The maximum Gasteiger partial charge on any atom is 0.133 e. The zero-order chi connectivity index (χ0) is 14.5. The fourth-order valence-electron chi connectivity index (χ4n) is 1.77. The third-order valence-electron chi connectivity index (χ3n) is 2.74. The van der Waals surface area contributed by atoms with Crippen LogP contribution in [0.15, 0.2) is 36.4 Å². The van der Waals surface area contributed by atoms with Gasteiger partial charge in [-0.1, -0.05) is 6.92 Å². The van der Waals surface area contributed by atoms with E-state index in [0.717, 1.165) is 6.42 Å². The van der Waals surface area contributed by atoms with E-state index < -0.39 is 0 Å². The Kier molecular flexibility index (Phi) is 4.45. The van der Waals surface area contributed by atoms with Crippen molar-refractivity contribution in [2.24, 2.45) is 0 Å². The summed E-state index contributed by atoms with van der Waals surface area (Å²) in [6.07, 6.45) is 0.919. The van der Waals surface area contributed by atoms with Crippen molar-refractivity contribution in [3.05, 3.63) is 47.8 Å². The lowest BCUT2D eigenvalue weighted by Gasteiger charge is -2.11. The lowest BCUT2D eigenvalue weighted by atomic mass is 10.2. The molecule has 0 heterocycles. The molecule has 0 atom stereocenters. The number of hydrogen-bond donors (Lipinski definition) is 1. The number of aryl methyl sites for hydroxylation is 1. The Morgan fingerprint density at radius 1 is 1.05 bits per heavy atom. The van der Waals surface area contributed by atoms with Gasteiger partial charge in [0.25, 0.3) is 0 Å². The molecule has 0 amide bonds. The number of halogens is 1. The molecule has 2 N–H and O–H groups in total. The molecule has 2 aromatic rings. The minimum atomic E-state index is -0.253. The summed E-state index contributed by atoms with van der Waals surface area (Å²) in [6, 6.07) is 9.83. The first-order chi connectivity index (χ1) is 9.58. The summed E-state index contributed by atoms with van der Waals surface area (Å²) in [6.45, 7) is 4.35. The minimum Gasteiger partial charge on any atom is -0.493 e. The summed E-state index contributed by atoms with van der Waals surface area (Å²) >= 11 is 0. The molecule has 0 unspecified atom stereocenters. The second-order valence-corrected chi connectivity index (χ2v) is 4.60. The van der Waals surface area contributed by atoms with E-state index in [4.69, 9.17) is 15.2 Å². The lowest BCUT2D eigenvalue weighted by molar-refractivity contribution is 0.316. The highest BCUT2D eigenvalue weighted by Crippen LogP contribution is 2.29. The summed E-state index contributed by atoms with van der Waals surface area (Å²) < 4.78 is 24.4. The van der Waals surface area contributed by atoms with E-state index in [2.05, 4.69) is 0 Å². The van der Waals surface area contributed by atoms with E-state index in [0.29, 0.717) is 35.1 Å². The summed E-state index contributed by atoms with van der Waals surface area (Å²) in [5.74, 6) is 1.55. The van der Waals surface area contributed by atoms with Crippen LogP contribution in [-0.4, -0.2) is 6.61 Å². The first-order valence-electron chi connectivity index (χ1n) is 6.56. The Labute approximate surface area is 118 Å². The van der Waals surface area contributed by atoms with Crippen LogP contribution < -0.4 is 15.2 Å². The Balaban J connectivity index is 2.19. The first-order valence-corrected chi connectivity index (χ1v) is 6.56. The van der Waals surface area contributed by atoms with Crippen molar-refractivity contribution in [1.29, 1.82) is 0 Å². The highest BCUT2D eigenvalue weighted by atomic mass is 19.1. The van der Waals surface area contributed by atoms with E-state index in [9.17, 15) is 4.39 Å². The summed E-state index contributed by atoms with van der Waals surface area (Å²) in [5.41, 5.74) is 6.92. The van der Waals surface area contributed by atoms with Crippen molar-refractivity contribution in [3.8, 4) is 17.2 Å². The largest absolute Gasteiger partial charge is 0.493 e. The molecule has 106 valence electrons. The zero-order valence-corrected chi connectivity index (χ0v) is 11.7. The molecule has 20 heavy (non-hydrogen) atoms. The fraction of sp³-hybridized carbons (Fsp3) is 0.250. The van der Waals surface area contributed by atoms with Crippen molar-refractivity contribution in [2.75, 3.05) is 12.3 Å². The summed E-state index contributed by atoms with van der Waals surface area (Å²) in [7, 11) is 0. The van der Waals surface area contributed by atoms with Crippen molar-refractivity contribution >= 4 is 5.69 Å². The van der Waals surface area contributed by atoms with Gasteiger partial charge >= 0.3 is 0 Å². The SMILES string of the molecule is CCCOc1cc(N)cc(Oc2ccc(F)c(C)c2)c1. The first kappa shape index (κ1) is 14.2. The number of ether oxygens (including phenoxy) is 2. The Morgan fingerprint density at radius 2 is 1.80 bits per heavy atom. The highest BCUT2D eigenvalue weighted by molar-refractivity contribution is 5.51. The van der Waals surface area contributed by atoms with Crippen LogP contribution in [0.3, 0.4) is 0 Å². The van der Waals surface area contributed by atoms with Crippen molar-refractivity contribution < 1.29 is 13.9 Å². The molecule has 0 spiro atoms. The van der Waals surface area contributed by atoms with E-state index >= 15 is 0 Å². The molecule has 3 nitrogen and oxygen atoms in total. The van der Waals surface area contributed by atoms with Gasteiger partial charge in [-0.3, -0.25) is 0 Å². The normalized spacial score (nSPS) is 10.3. The van der Waals surface area contributed by atoms with Gasteiger partial charge in [0.2, 0.25) is 0 Å². The Hall–Kier alpha value is -2.23.